The van der Waals surface area contributed by atoms with Crippen LogP contribution in [0.15, 0.2) is 18.2 Å². The van der Waals surface area contributed by atoms with Crippen molar-refractivity contribution < 1.29 is 23.8 Å². The number of benzene rings is 1. The number of carbonyl (C=O) groups is 2. The molecule has 2 rings (SSSR count). The smallest absolute Gasteiger partial charge is 0.321 e. The van der Waals surface area contributed by atoms with Crippen LogP contribution in [0.5, 0.6) is 5.75 Å². The van der Waals surface area contributed by atoms with Gasteiger partial charge in [0.15, 0.2) is 0 Å². The summed E-state index contributed by atoms with van der Waals surface area (Å²) >= 11 is 0. The van der Waals surface area contributed by atoms with Crippen LogP contribution in [-0.2, 0) is 4.79 Å². The number of amides is 2. The summed E-state index contributed by atoms with van der Waals surface area (Å²) < 4.78 is 18.5. The number of carbonyl (C=O) groups excluding carboxylic acids is 1. The van der Waals surface area contributed by atoms with Gasteiger partial charge in [0, 0.05) is 19.2 Å². The van der Waals surface area contributed by atoms with Gasteiger partial charge in [0.25, 0.3) is 0 Å². The number of ether oxygens (including phenoxy) is 1. The van der Waals surface area contributed by atoms with E-state index in [1.165, 1.54) is 17.0 Å². The zero-order valence-electron chi connectivity index (χ0n) is 12.4. The van der Waals surface area contributed by atoms with E-state index in [1.54, 1.807) is 0 Å². The van der Waals surface area contributed by atoms with E-state index in [1.807, 2.05) is 0 Å². The van der Waals surface area contributed by atoms with Crippen LogP contribution in [0.3, 0.4) is 0 Å². The summed E-state index contributed by atoms with van der Waals surface area (Å²) in [5.74, 6) is 0.394. The number of nitrogens with zero attached hydrogens (tertiary/aromatic N) is 1. The van der Waals surface area contributed by atoms with Crippen LogP contribution in [0.1, 0.15) is 12.8 Å². The molecule has 0 aromatic heterocycles. The molecular formula is C16H17FN2O4. The molecule has 0 aliphatic carbocycles. The van der Waals surface area contributed by atoms with Crippen molar-refractivity contribution >= 4 is 17.7 Å². The van der Waals surface area contributed by atoms with E-state index in [0.29, 0.717) is 19.4 Å². The molecule has 1 fully saturated rings. The van der Waals surface area contributed by atoms with Crippen LogP contribution in [0.25, 0.3) is 0 Å². The molecule has 122 valence electrons. The van der Waals surface area contributed by atoms with Gasteiger partial charge in [0.2, 0.25) is 0 Å². The fourth-order valence-corrected chi connectivity index (χ4v) is 2.40. The van der Waals surface area contributed by atoms with Gasteiger partial charge in [0.1, 0.15) is 18.2 Å². The maximum Gasteiger partial charge on any atom is 0.321 e. The number of carboxylic acids is 1. The van der Waals surface area contributed by atoms with Gasteiger partial charge in [-0.3, -0.25) is 4.79 Å². The third kappa shape index (κ3) is 4.36. The summed E-state index contributed by atoms with van der Waals surface area (Å²) in [6.45, 7) is 0.553. The van der Waals surface area contributed by atoms with Gasteiger partial charge in [-0.25, -0.2) is 9.18 Å². The van der Waals surface area contributed by atoms with Gasteiger partial charge in [-0.05, 0) is 25.0 Å². The van der Waals surface area contributed by atoms with Crippen molar-refractivity contribution in [1.29, 1.82) is 0 Å². The molecule has 1 heterocycles. The molecule has 1 aromatic carbocycles. The number of nitrogens with one attached hydrogen (secondary N) is 1. The Morgan fingerprint density at radius 2 is 2.30 bits per heavy atom. The minimum absolute atomic E-state index is 0.0584. The van der Waals surface area contributed by atoms with Crippen molar-refractivity contribution in [1.82, 2.24) is 4.90 Å². The highest BCUT2D eigenvalue weighted by Crippen LogP contribution is 2.26. The largest absolute Gasteiger partial charge is 0.481 e. The van der Waals surface area contributed by atoms with Crippen molar-refractivity contribution in [2.75, 3.05) is 25.0 Å². The lowest BCUT2D eigenvalue weighted by molar-refractivity contribution is -0.143. The van der Waals surface area contributed by atoms with Crippen LogP contribution < -0.4 is 10.1 Å². The maximum absolute atomic E-state index is 13.3. The molecule has 1 saturated heterocycles. The highest BCUT2D eigenvalue weighted by Gasteiger charge is 2.28. The second kappa shape index (κ2) is 7.49. The van der Waals surface area contributed by atoms with Crippen molar-refractivity contribution in [2.45, 2.75) is 12.8 Å². The zero-order valence-corrected chi connectivity index (χ0v) is 12.4. The maximum atomic E-state index is 13.3. The molecule has 0 saturated carbocycles. The van der Waals surface area contributed by atoms with Crippen molar-refractivity contribution in [3.8, 4) is 18.1 Å². The molecule has 2 N–H and O–H groups in total. The van der Waals surface area contributed by atoms with Crippen molar-refractivity contribution in [3.63, 3.8) is 0 Å². The molecule has 1 aliphatic heterocycles. The van der Waals surface area contributed by atoms with Crippen LogP contribution in [0.4, 0.5) is 14.9 Å². The van der Waals surface area contributed by atoms with Gasteiger partial charge >= 0.3 is 12.0 Å². The Balaban J connectivity index is 2.07. The van der Waals surface area contributed by atoms with Gasteiger partial charge in [-0.15, -0.1) is 6.42 Å². The summed E-state index contributed by atoms with van der Waals surface area (Å²) in [4.78, 5) is 24.8. The lowest BCUT2D eigenvalue weighted by atomic mass is 9.99. The van der Waals surface area contributed by atoms with Gasteiger partial charge in [0.05, 0.1) is 11.6 Å². The number of rotatable bonds is 4. The molecule has 6 nitrogen and oxygen atoms in total. The van der Waals surface area contributed by atoms with E-state index in [2.05, 4.69) is 11.2 Å². The second-order valence-corrected chi connectivity index (χ2v) is 5.19. The number of hydrogen-bond donors (Lipinski definition) is 2. The SMILES string of the molecule is C#CCOc1cc(F)ccc1NC(=O)N1CCCC(C(=O)O)C1. The summed E-state index contributed by atoms with van der Waals surface area (Å²) in [6, 6.07) is 3.24. The van der Waals surface area contributed by atoms with E-state index in [9.17, 15) is 14.0 Å². The lowest BCUT2D eigenvalue weighted by Gasteiger charge is -2.30. The monoisotopic (exact) mass is 320 g/mol. The molecule has 0 bridgehead atoms. The number of anilines is 1. The first-order valence-corrected chi connectivity index (χ1v) is 7.16. The van der Waals surface area contributed by atoms with Gasteiger partial charge < -0.3 is 20.1 Å². The first-order chi connectivity index (χ1) is 11.0. The Hall–Kier alpha value is -2.75. The fourth-order valence-electron chi connectivity index (χ4n) is 2.40. The minimum Gasteiger partial charge on any atom is -0.481 e. The number of terminal acetylenes is 1. The van der Waals surface area contributed by atoms with E-state index in [-0.39, 0.29) is 24.6 Å². The van der Waals surface area contributed by atoms with E-state index < -0.39 is 23.7 Å². The summed E-state index contributed by atoms with van der Waals surface area (Å²) in [6.07, 6.45) is 6.27. The zero-order chi connectivity index (χ0) is 16.8. The van der Waals surface area contributed by atoms with Gasteiger partial charge in [-0.1, -0.05) is 5.92 Å². The predicted molar refractivity (Wildman–Crippen MR) is 81.7 cm³/mol. The Morgan fingerprint density at radius 1 is 1.52 bits per heavy atom. The van der Waals surface area contributed by atoms with Crippen molar-refractivity contribution in [3.05, 3.63) is 24.0 Å². The number of hydrogen-bond acceptors (Lipinski definition) is 3. The number of urea groups is 1. The van der Waals surface area contributed by atoms with Crippen molar-refractivity contribution in [2.24, 2.45) is 5.92 Å². The number of halogens is 1. The number of aliphatic carboxylic acids is 1. The highest BCUT2D eigenvalue weighted by molar-refractivity contribution is 5.91. The predicted octanol–water partition coefficient (Wildman–Crippen LogP) is 2.17. The minimum atomic E-state index is -0.915. The standard InChI is InChI=1S/C16H17FN2O4/c1-2-8-23-14-9-12(17)5-6-13(14)18-16(22)19-7-3-4-11(10-19)15(20)21/h1,5-6,9,11H,3-4,7-8,10H2,(H,18,22)(H,20,21). The van der Waals surface area contributed by atoms with E-state index in [4.69, 9.17) is 16.3 Å². The highest BCUT2D eigenvalue weighted by atomic mass is 19.1. The third-order valence-electron chi connectivity index (χ3n) is 3.55. The van der Waals surface area contributed by atoms with E-state index >= 15 is 0 Å². The molecule has 1 atom stereocenters. The average Bonchev–Trinajstić information content (AvgIpc) is 2.55. The topological polar surface area (TPSA) is 78.9 Å². The molecule has 1 unspecified atom stereocenters. The molecule has 1 aromatic rings. The Bertz CT molecular complexity index is 641. The Labute approximate surface area is 133 Å². The molecule has 23 heavy (non-hydrogen) atoms. The second-order valence-electron chi connectivity index (χ2n) is 5.19. The third-order valence-corrected chi connectivity index (χ3v) is 3.55. The number of carboxylic acid groups (broad SMARTS) is 1. The summed E-state index contributed by atoms with van der Waals surface area (Å²) in [5.41, 5.74) is 0.282. The molecule has 2 amide bonds. The van der Waals surface area contributed by atoms with Gasteiger partial charge in [-0.2, -0.15) is 0 Å². The summed E-state index contributed by atoms with van der Waals surface area (Å²) in [5, 5.41) is 11.7. The molecule has 0 spiro atoms. The number of likely N-dealkylation sites (tertiary alicyclic amines) is 1. The molecular weight excluding hydrogens is 303 g/mol. The average molecular weight is 320 g/mol. The van der Waals surface area contributed by atoms with Crippen LogP contribution in [0, 0.1) is 24.1 Å². The van der Waals surface area contributed by atoms with Crippen LogP contribution in [0.2, 0.25) is 0 Å². The molecule has 7 heteroatoms. The first kappa shape index (κ1) is 16.6. The Kier molecular flexibility index (Phi) is 5.41. The lowest BCUT2D eigenvalue weighted by Crippen LogP contribution is -2.44. The van der Waals surface area contributed by atoms with Crippen LogP contribution in [-0.4, -0.2) is 41.7 Å². The van der Waals surface area contributed by atoms with E-state index in [0.717, 1.165) is 6.07 Å². The fraction of sp³-hybridized carbons (Fsp3) is 0.375. The van der Waals surface area contributed by atoms with Crippen LogP contribution >= 0.6 is 0 Å². The first-order valence-electron chi connectivity index (χ1n) is 7.16. The quantitative estimate of drug-likeness (QED) is 0.833. The normalized spacial score (nSPS) is 17.2. The molecule has 1 aliphatic rings. The number of piperidine rings is 1. The summed E-state index contributed by atoms with van der Waals surface area (Å²) in [7, 11) is 0. The Morgan fingerprint density at radius 3 is 3.00 bits per heavy atom. The molecule has 0 radical (unpaired) electrons.